The summed E-state index contributed by atoms with van der Waals surface area (Å²) >= 11 is 0. The van der Waals surface area contributed by atoms with E-state index >= 15 is 0 Å². The molecule has 0 spiro atoms. The Morgan fingerprint density at radius 3 is 1.80 bits per heavy atom. The average Bonchev–Trinajstić information content (AvgIpc) is 3.01. The first kappa shape index (κ1) is 33.3. The zero-order valence-electron chi connectivity index (χ0n) is 24.4. The number of benzene rings is 6. The number of phenolic OH excluding ortho intramolecular Hbond substituents is 2. The number of aromatic hydroxyl groups is 2. The fourth-order valence-corrected chi connectivity index (χ4v) is 7.14. The Bertz CT molecular complexity index is 2790. The highest BCUT2D eigenvalue weighted by Gasteiger charge is 2.25. The predicted molar refractivity (Wildman–Crippen MR) is 177 cm³/mol. The van der Waals surface area contributed by atoms with Crippen LogP contribution in [0.5, 0.6) is 11.5 Å². The standard InChI is InChI=1S/C30H21N5O11S3/c31-23-14-21-16(11-27(23)48(41,42)43)12-28(49(44,45)46)29(30(21)37)35-34-25-9-8-24(20-7-5-18(36)13-22(20)25)33-32-17-4-6-19-15(10-17)2-1-3-26(19)47(38,39)40/h1-14,36-37H,31H2,(H,38,39,40)(H,41,42,43)(H,44,45,46). The Balaban J connectivity index is 1.44. The zero-order valence-corrected chi connectivity index (χ0v) is 26.8. The summed E-state index contributed by atoms with van der Waals surface area (Å²) in [5.74, 6) is -1.02. The second kappa shape index (κ2) is 11.8. The van der Waals surface area contributed by atoms with Crippen molar-refractivity contribution in [1.29, 1.82) is 0 Å². The van der Waals surface area contributed by atoms with Gasteiger partial charge < -0.3 is 15.9 Å². The lowest BCUT2D eigenvalue weighted by Crippen LogP contribution is -2.04. The zero-order chi connectivity index (χ0) is 35.5. The molecule has 0 saturated heterocycles. The van der Waals surface area contributed by atoms with E-state index in [9.17, 15) is 49.1 Å². The number of fused-ring (bicyclic) bond motifs is 3. The monoisotopic (exact) mass is 723 g/mol. The van der Waals surface area contributed by atoms with Gasteiger partial charge in [0.2, 0.25) is 0 Å². The highest BCUT2D eigenvalue weighted by atomic mass is 32.2. The van der Waals surface area contributed by atoms with Gasteiger partial charge in [-0.15, -0.1) is 15.3 Å². The van der Waals surface area contributed by atoms with E-state index in [0.717, 1.165) is 18.2 Å². The first-order valence-electron chi connectivity index (χ1n) is 13.6. The molecule has 6 rings (SSSR count). The molecule has 49 heavy (non-hydrogen) atoms. The molecule has 16 nitrogen and oxygen atoms in total. The lowest BCUT2D eigenvalue weighted by Gasteiger charge is -2.11. The van der Waals surface area contributed by atoms with Gasteiger partial charge in [-0.1, -0.05) is 18.2 Å². The number of anilines is 1. The Kier molecular flexibility index (Phi) is 8.05. The first-order chi connectivity index (χ1) is 22.9. The van der Waals surface area contributed by atoms with Crippen LogP contribution < -0.4 is 5.73 Å². The molecule has 0 atom stereocenters. The molecular weight excluding hydrogens is 703 g/mol. The predicted octanol–water partition coefficient (Wildman–Crippen LogP) is 6.71. The van der Waals surface area contributed by atoms with Gasteiger partial charge in [0.1, 0.15) is 26.1 Å². The lowest BCUT2D eigenvalue weighted by atomic mass is 10.1. The maximum atomic E-state index is 12.3. The van der Waals surface area contributed by atoms with Crippen molar-refractivity contribution in [2.75, 3.05) is 5.73 Å². The van der Waals surface area contributed by atoms with E-state index in [1.807, 2.05) is 0 Å². The van der Waals surface area contributed by atoms with Gasteiger partial charge in [0, 0.05) is 21.5 Å². The summed E-state index contributed by atoms with van der Waals surface area (Å²) in [6, 6.07) is 18.6. The third-order valence-electron chi connectivity index (χ3n) is 7.32. The van der Waals surface area contributed by atoms with E-state index in [2.05, 4.69) is 20.5 Å². The molecule has 0 aliphatic rings. The number of hydrogen-bond acceptors (Lipinski definition) is 13. The van der Waals surface area contributed by atoms with Crippen LogP contribution in [-0.2, 0) is 30.4 Å². The number of nitrogens with two attached hydrogens (primary N) is 1. The summed E-state index contributed by atoms with van der Waals surface area (Å²) in [5, 5.41) is 38.7. The van der Waals surface area contributed by atoms with Crippen molar-refractivity contribution >= 4 is 91.1 Å². The van der Waals surface area contributed by atoms with Crippen LogP contribution in [0.3, 0.4) is 0 Å². The summed E-state index contributed by atoms with van der Waals surface area (Å²) in [6.45, 7) is 0. The Labute approximate surface area is 276 Å². The Morgan fingerprint density at radius 2 is 1.12 bits per heavy atom. The number of phenols is 2. The van der Waals surface area contributed by atoms with Crippen molar-refractivity contribution in [3.05, 3.63) is 84.9 Å². The van der Waals surface area contributed by atoms with Crippen LogP contribution in [-0.4, -0.2) is 49.1 Å². The minimum Gasteiger partial charge on any atom is -0.508 e. The van der Waals surface area contributed by atoms with E-state index < -0.39 is 57.3 Å². The smallest absolute Gasteiger partial charge is 0.296 e. The van der Waals surface area contributed by atoms with Crippen LogP contribution in [0, 0.1) is 0 Å². The van der Waals surface area contributed by atoms with Crippen molar-refractivity contribution in [2.24, 2.45) is 20.5 Å². The molecule has 0 amide bonds. The number of rotatable bonds is 7. The molecule has 0 aliphatic heterocycles. The van der Waals surface area contributed by atoms with E-state index in [1.54, 1.807) is 12.1 Å². The molecule has 0 bridgehead atoms. The molecule has 0 aromatic heterocycles. The third-order valence-corrected chi connectivity index (χ3v) is 10.0. The molecule has 0 heterocycles. The highest BCUT2D eigenvalue weighted by molar-refractivity contribution is 7.86. The minimum atomic E-state index is -5.09. The highest BCUT2D eigenvalue weighted by Crippen LogP contribution is 2.44. The third kappa shape index (κ3) is 6.48. The van der Waals surface area contributed by atoms with E-state index in [0.29, 0.717) is 16.5 Å². The van der Waals surface area contributed by atoms with Gasteiger partial charge in [0.05, 0.1) is 22.7 Å². The van der Waals surface area contributed by atoms with Crippen molar-refractivity contribution in [1.82, 2.24) is 0 Å². The molecule has 19 heteroatoms. The fraction of sp³-hybridized carbons (Fsp3) is 0. The van der Waals surface area contributed by atoms with Gasteiger partial charge in [0.15, 0.2) is 5.75 Å². The summed E-state index contributed by atoms with van der Waals surface area (Å²) in [6.07, 6.45) is 0. The SMILES string of the molecule is Nc1cc2c(O)c(N=Nc3ccc(N=Nc4ccc5c(S(=O)(=O)O)cccc5c4)c4ccc(O)cc34)c(S(=O)(=O)O)cc2cc1S(=O)(=O)O. The second-order valence-electron chi connectivity index (χ2n) is 10.5. The van der Waals surface area contributed by atoms with E-state index in [4.69, 9.17) is 5.73 Å². The van der Waals surface area contributed by atoms with Crippen LogP contribution in [0.4, 0.5) is 28.4 Å². The molecular formula is C30H21N5O11S3. The van der Waals surface area contributed by atoms with Gasteiger partial charge in [0.25, 0.3) is 30.4 Å². The van der Waals surface area contributed by atoms with Gasteiger partial charge in [-0.2, -0.15) is 30.4 Å². The molecule has 6 aromatic carbocycles. The largest absolute Gasteiger partial charge is 0.508 e. The number of nitrogens with zero attached hydrogens (tertiary/aromatic N) is 4. The maximum Gasteiger partial charge on any atom is 0.296 e. The first-order valence-corrected chi connectivity index (χ1v) is 17.9. The van der Waals surface area contributed by atoms with Crippen molar-refractivity contribution in [3.63, 3.8) is 0 Å². The van der Waals surface area contributed by atoms with E-state index in [-0.39, 0.29) is 43.6 Å². The topological polar surface area (TPSA) is 279 Å². The molecule has 0 unspecified atom stereocenters. The molecule has 7 N–H and O–H groups in total. The summed E-state index contributed by atoms with van der Waals surface area (Å²) in [5.41, 5.74) is 5.22. The van der Waals surface area contributed by atoms with Crippen molar-refractivity contribution < 1.29 is 49.1 Å². The Morgan fingerprint density at radius 1 is 0.510 bits per heavy atom. The number of azo groups is 2. The normalized spacial score (nSPS) is 13.0. The Hall–Kier alpha value is -5.57. The maximum absolute atomic E-state index is 12.3. The van der Waals surface area contributed by atoms with Gasteiger partial charge in [-0.05, 0) is 77.5 Å². The molecule has 0 radical (unpaired) electrons. The van der Waals surface area contributed by atoms with Gasteiger partial charge >= 0.3 is 0 Å². The summed E-state index contributed by atoms with van der Waals surface area (Å²) in [7, 11) is -14.4. The molecule has 6 aromatic rings. The second-order valence-corrected chi connectivity index (χ2v) is 14.7. The quantitative estimate of drug-likeness (QED) is 0.0569. The van der Waals surface area contributed by atoms with Crippen LogP contribution >= 0.6 is 0 Å². The minimum absolute atomic E-state index is 0.0512. The number of nitrogen functional groups attached to an aromatic ring is 1. The fourth-order valence-electron chi connectivity index (χ4n) is 5.13. The molecule has 0 aliphatic carbocycles. The van der Waals surface area contributed by atoms with Gasteiger partial charge in [-0.3, -0.25) is 13.7 Å². The summed E-state index contributed by atoms with van der Waals surface area (Å²) in [4.78, 5) is -1.96. The lowest BCUT2D eigenvalue weighted by molar-refractivity contribution is 0.472. The van der Waals surface area contributed by atoms with Crippen molar-refractivity contribution in [3.8, 4) is 11.5 Å². The van der Waals surface area contributed by atoms with Crippen molar-refractivity contribution in [2.45, 2.75) is 14.7 Å². The molecule has 250 valence electrons. The summed E-state index contributed by atoms with van der Waals surface area (Å²) < 4.78 is 100. The van der Waals surface area contributed by atoms with E-state index in [1.165, 1.54) is 54.6 Å². The van der Waals surface area contributed by atoms with Crippen LogP contribution in [0.2, 0.25) is 0 Å². The molecule has 0 fully saturated rings. The number of hydrogen-bond donors (Lipinski definition) is 6. The van der Waals surface area contributed by atoms with Crippen LogP contribution in [0.1, 0.15) is 0 Å². The molecule has 0 saturated carbocycles. The van der Waals surface area contributed by atoms with Crippen LogP contribution in [0.15, 0.2) is 120 Å². The van der Waals surface area contributed by atoms with Crippen LogP contribution in [0.25, 0.3) is 32.3 Å². The van der Waals surface area contributed by atoms with Gasteiger partial charge in [-0.25, -0.2) is 0 Å². The average molecular weight is 724 g/mol.